The zero-order valence-electron chi connectivity index (χ0n) is 11.4. The zero-order valence-corrected chi connectivity index (χ0v) is 12.9. The van der Waals surface area contributed by atoms with Gasteiger partial charge in [0.2, 0.25) is 10.0 Å². The molecule has 2 aromatic rings. The van der Waals surface area contributed by atoms with E-state index in [0.717, 1.165) is 18.4 Å². The Morgan fingerprint density at radius 3 is 2.24 bits per heavy atom. The predicted molar refractivity (Wildman–Crippen MR) is 83.7 cm³/mol. The Kier molecular flexibility index (Phi) is 4.02. The number of benzene rings is 2. The van der Waals surface area contributed by atoms with Crippen LogP contribution >= 0.6 is 11.6 Å². The Balaban J connectivity index is 1.91. The van der Waals surface area contributed by atoms with Gasteiger partial charge >= 0.3 is 0 Å². The smallest absolute Gasteiger partial charge is 0.207 e. The summed E-state index contributed by atoms with van der Waals surface area (Å²) in [6.07, 6.45) is 2.09. The van der Waals surface area contributed by atoms with E-state index in [-0.39, 0.29) is 16.0 Å². The third kappa shape index (κ3) is 3.28. The first-order valence-corrected chi connectivity index (χ1v) is 8.76. The van der Waals surface area contributed by atoms with Gasteiger partial charge in [-0.05, 0) is 36.5 Å². The summed E-state index contributed by atoms with van der Waals surface area (Å²) in [4.78, 5) is 0.133. The molecule has 1 aliphatic carbocycles. The van der Waals surface area contributed by atoms with Crippen LogP contribution in [0.3, 0.4) is 0 Å². The van der Waals surface area contributed by atoms with Gasteiger partial charge in [-0.2, -0.15) is 0 Å². The lowest BCUT2D eigenvalue weighted by atomic mass is 10.0. The summed E-state index contributed by atoms with van der Waals surface area (Å²) in [6, 6.07) is 16.0. The average molecular weight is 322 g/mol. The van der Waals surface area contributed by atoms with Crippen LogP contribution in [0.2, 0.25) is 5.02 Å². The van der Waals surface area contributed by atoms with E-state index in [1.165, 1.54) is 6.07 Å². The SMILES string of the molecule is O=S(=O)(NC(c1ccccc1)C1CC1)c1ccccc1Cl. The number of sulfonamides is 1. The van der Waals surface area contributed by atoms with Crippen molar-refractivity contribution in [2.75, 3.05) is 0 Å². The third-order valence-electron chi connectivity index (χ3n) is 3.66. The van der Waals surface area contributed by atoms with Crippen LogP contribution in [-0.2, 0) is 10.0 Å². The highest BCUT2D eigenvalue weighted by molar-refractivity contribution is 7.89. The lowest BCUT2D eigenvalue weighted by Gasteiger charge is -2.19. The fraction of sp³-hybridized carbons (Fsp3) is 0.250. The van der Waals surface area contributed by atoms with Crippen LogP contribution in [0, 0.1) is 5.92 Å². The second-order valence-corrected chi connectivity index (χ2v) is 7.37. The van der Waals surface area contributed by atoms with E-state index in [4.69, 9.17) is 11.6 Å². The van der Waals surface area contributed by atoms with E-state index in [1.807, 2.05) is 30.3 Å². The van der Waals surface area contributed by atoms with Crippen molar-refractivity contribution in [3.8, 4) is 0 Å². The highest BCUT2D eigenvalue weighted by Crippen LogP contribution is 2.41. The van der Waals surface area contributed by atoms with Crippen LogP contribution in [0.15, 0.2) is 59.5 Å². The number of hydrogen-bond acceptors (Lipinski definition) is 2. The first kappa shape index (κ1) is 14.6. The molecule has 1 N–H and O–H groups in total. The molecule has 3 nitrogen and oxygen atoms in total. The Morgan fingerprint density at radius 1 is 1.00 bits per heavy atom. The van der Waals surface area contributed by atoms with Crippen LogP contribution in [0.5, 0.6) is 0 Å². The lowest BCUT2D eigenvalue weighted by Crippen LogP contribution is -2.30. The van der Waals surface area contributed by atoms with Gasteiger partial charge < -0.3 is 0 Å². The maximum absolute atomic E-state index is 12.6. The average Bonchev–Trinajstić information content (AvgIpc) is 3.31. The maximum atomic E-state index is 12.6. The van der Waals surface area contributed by atoms with E-state index in [0.29, 0.717) is 5.92 Å². The quantitative estimate of drug-likeness (QED) is 0.911. The molecule has 0 amide bonds. The van der Waals surface area contributed by atoms with Gasteiger partial charge in [-0.25, -0.2) is 13.1 Å². The highest BCUT2D eigenvalue weighted by Gasteiger charge is 2.35. The van der Waals surface area contributed by atoms with E-state index in [2.05, 4.69) is 4.72 Å². The minimum absolute atomic E-state index is 0.133. The summed E-state index contributed by atoms with van der Waals surface area (Å²) in [5.74, 6) is 0.365. The number of rotatable bonds is 5. The van der Waals surface area contributed by atoms with E-state index < -0.39 is 10.0 Å². The van der Waals surface area contributed by atoms with Crippen molar-refractivity contribution in [1.82, 2.24) is 4.72 Å². The molecule has 0 aromatic heterocycles. The molecule has 0 bridgehead atoms. The van der Waals surface area contributed by atoms with Crippen molar-refractivity contribution in [1.29, 1.82) is 0 Å². The Labute approximate surface area is 130 Å². The summed E-state index contributed by atoms with van der Waals surface area (Å²) in [5.41, 5.74) is 0.996. The van der Waals surface area contributed by atoms with E-state index in [1.54, 1.807) is 18.2 Å². The minimum Gasteiger partial charge on any atom is -0.207 e. The van der Waals surface area contributed by atoms with Crippen molar-refractivity contribution in [2.45, 2.75) is 23.8 Å². The van der Waals surface area contributed by atoms with Crippen molar-refractivity contribution in [2.24, 2.45) is 5.92 Å². The molecule has 0 aliphatic heterocycles. The van der Waals surface area contributed by atoms with Crippen LogP contribution < -0.4 is 4.72 Å². The number of nitrogens with one attached hydrogen (secondary N) is 1. The molecule has 0 saturated heterocycles. The molecule has 1 aliphatic rings. The lowest BCUT2D eigenvalue weighted by molar-refractivity contribution is 0.529. The molecule has 110 valence electrons. The molecule has 1 atom stereocenters. The van der Waals surface area contributed by atoms with Gasteiger partial charge in [-0.3, -0.25) is 0 Å². The Bertz CT molecular complexity index is 727. The summed E-state index contributed by atoms with van der Waals surface area (Å²) < 4.78 is 28.0. The molecular weight excluding hydrogens is 306 g/mol. The molecule has 3 rings (SSSR count). The number of halogens is 1. The standard InChI is InChI=1S/C16H16ClNO2S/c17-14-8-4-5-9-15(14)21(19,20)18-16(13-10-11-13)12-6-2-1-3-7-12/h1-9,13,16,18H,10-11H2. The molecule has 1 unspecified atom stereocenters. The fourth-order valence-corrected chi connectivity index (χ4v) is 4.23. The molecular formula is C16H16ClNO2S. The van der Waals surface area contributed by atoms with Crippen molar-refractivity contribution in [3.63, 3.8) is 0 Å². The van der Waals surface area contributed by atoms with Crippen molar-refractivity contribution in [3.05, 3.63) is 65.2 Å². The highest BCUT2D eigenvalue weighted by atomic mass is 35.5. The zero-order chi connectivity index (χ0) is 14.9. The van der Waals surface area contributed by atoms with Gasteiger partial charge in [-0.1, -0.05) is 54.1 Å². The monoisotopic (exact) mass is 321 g/mol. The van der Waals surface area contributed by atoms with Crippen LogP contribution in [0.4, 0.5) is 0 Å². The summed E-state index contributed by atoms with van der Waals surface area (Å²) in [5, 5.41) is 0.243. The van der Waals surface area contributed by atoms with E-state index in [9.17, 15) is 8.42 Å². The first-order chi connectivity index (χ1) is 10.1. The second-order valence-electron chi connectivity index (χ2n) is 5.28. The van der Waals surface area contributed by atoms with Crippen LogP contribution in [0.25, 0.3) is 0 Å². The number of hydrogen-bond donors (Lipinski definition) is 1. The van der Waals surface area contributed by atoms with Crippen molar-refractivity contribution >= 4 is 21.6 Å². The molecule has 0 radical (unpaired) electrons. The van der Waals surface area contributed by atoms with E-state index >= 15 is 0 Å². The Hall–Kier alpha value is -1.36. The van der Waals surface area contributed by atoms with Crippen LogP contribution in [-0.4, -0.2) is 8.42 Å². The topological polar surface area (TPSA) is 46.2 Å². The van der Waals surface area contributed by atoms with Gasteiger partial charge in [-0.15, -0.1) is 0 Å². The normalized spacial score (nSPS) is 16.6. The molecule has 0 heterocycles. The Morgan fingerprint density at radius 2 is 1.62 bits per heavy atom. The summed E-state index contributed by atoms with van der Waals surface area (Å²) in [6.45, 7) is 0. The third-order valence-corrected chi connectivity index (χ3v) is 5.60. The molecule has 2 aromatic carbocycles. The van der Waals surface area contributed by atoms with Gasteiger partial charge in [0.05, 0.1) is 5.02 Å². The second kappa shape index (κ2) is 5.79. The van der Waals surface area contributed by atoms with Gasteiger partial charge in [0.1, 0.15) is 4.90 Å². The van der Waals surface area contributed by atoms with Gasteiger partial charge in [0.25, 0.3) is 0 Å². The predicted octanol–water partition coefficient (Wildman–Crippen LogP) is 3.77. The first-order valence-electron chi connectivity index (χ1n) is 6.90. The van der Waals surface area contributed by atoms with Crippen LogP contribution in [0.1, 0.15) is 24.4 Å². The summed E-state index contributed by atoms with van der Waals surface area (Å²) >= 11 is 6.01. The molecule has 21 heavy (non-hydrogen) atoms. The summed E-state index contributed by atoms with van der Waals surface area (Å²) in [7, 11) is -3.63. The maximum Gasteiger partial charge on any atom is 0.242 e. The molecule has 1 fully saturated rings. The van der Waals surface area contributed by atoms with Crippen molar-refractivity contribution < 1.29 is 8.42 Å². The van der Waals surface area contributed by atoms with Gasteiger partial charge in [0, 0.05) is 6.04 Å². The molecule has 0 spiro atoms. The molecule has 5 heteroatoms. The fourth-order valence-electron chi connectivity index (χ4n) is 2.42. The van der Waals surface area contributed by atoms with Gasteiger partial charge in [0.15, 0.2) is 0 Å². The molecule has 1 saturated carbocycles. The largest absolute Gasteiger partial charge is 0.242 e. The minimum atomic E-state index is -3.63.